The van der Waals surface area contributed by atoms with Crippen LogP contribution in [0.5, 0.6) is 0 Å². The molecule has 0 saturated carbocycles. The third-order valence-electron chi connectivity index (χ3n) is 0.393. The van der Waals surface area contributed by atoms with Crippen LogP contribution in [-0.4, -0.2) is 52.1 Å². The maximum atomic E-state index is 11.5. The molecule has 58 valence electrons. The zero-order valence-electron chi connectivity index (χ0n) is 4.04. The van der Waals surface area contributed by atoms with Gasteiger partial charge < -0.3 is 9.79 Å². The van der Waals surface area contributed by atoms with Crippen molar-refractivity contribution in [1.82, 2.24) is 0 Å². The number of alkyl halides is 3. The van der Waals surface area contributed by atoms with E-state index in [4.69, 9.17) is 9.79 Å². The Morgan fingerprint density at radius 1 is 1.20 bits per heavy atom. The fourth-order valence-electron chi connectivity index (χ4n) is 0.136. The van der Waals surface area contributed by atoms with Gasteiger partial charge in [0.1, 0.15) is 0 Å². The van der Waals surface area contributed by atoms with Gasteiger partial charge in [0.25, 0.3) is 12.8 Å². The molecule has 0 bridgehead atoms. The predicted octanol–water partition coefficient (Wildman–Crippen LogP) is 0.127. The molecule has 2 N–H and O–H groups in total. The van der Waals surface area contributed by atoms with E-state index in [1.54, 1.807) is 0 Å². The van der Waals surface area contributed by atoms with Crippen LogP contribution >= 0.6 is 8.60 Å². The summed E-state index contributed by atoms with van der Waals surface area (Å²) in [6.07, 6.45) is -6.25. The summed E-state index contributed by atoms with van der Waals surface area (Å²) in [5.41, 5.74) is 0. The van der Waals surface area contributed by atoms with E-state index in [0.717, 1.165) is 0 Å². The fraction of sp³-hybridized carbons (Fsp3) is 1.00. The topological polar surface area (TPSA) is 49.7 Å². The molecule has 0 aromatic rings. The van der Waals surface area contributed by atoms with Gasteiger partial charge in [0.05, 0.1) is 0 Å². The number of halogens is 3. The average Bonchev–Trinajstić information content (AvgIpc) is 1.63. The quantitative estimate of drug-likeness (QED) is 0.488. The van der Waals surface area contributed by atoms with Crippen molar-refractivity contribution in [3.05, 3.63) is 0 Å². The van der Waals surface area contributed by atoms with E-state index in [2.05, 4.69) is 4.52 Å². The summed E-state index contributed by atoms with van der Waals surface area (Å²) < 4.78 is 36.9. The molecule has 0 spiro atoms. The molecule has 0 aliphatic heterocycles. The summed E-state index contributed by atoms with van der Waals surface area (Å²) >= 11 is 0. The number of rotatable bonds is 3. The Morgan fingerprint density at radius 2 is 1.60 bits per heavy atom. The minimum atomic E-state index is -3.34. The Kier molecular flexibility index (Phi) is 9.28. The fourth-order valence-corrected chi connectivity index (χ4v) is 0.408. The predicted molar refractivity (Wildman–Crippen MR) is 30.5 cm³/mol. The standard InChI is InChI=1S/C2H4F3O3P.Na.H/c3-1(4)2(5)8-9(6)7;;/h1-2,6-7H;;. The molecule has 1 atom stereocenters. The molecule has 0 fully saturated rings. The molecule has 0 aromatic carbocycles. The van der Waals surface area contributed by atoms with E-state index in [-0.39, 0.29) is 29.6 Å². The molecule has 3 nitrogen and oxygen atoms in total. The molecule has 10 heavy (non-hydrogen) atoms. The minimum absolute atomic E-state index is 0. The van der Waals surface area contributed by atoms with Crippen LogP contribution in [0.2, 0.25) is 0 Å². The van der Waals surface area contributed by atoms with Crippen molar-refractivity contribution in [2.24, 2.45) is 0 Å². The summed E-state index contributed by atoms with van der Waals surface area (Å²) in [5.74, 6) is 0. The Labute approximate surface area is 78.5 Å². The van der Waals surface area contributed by atoms with Crippen LogP contribution in [-0.2, 0) is 4.52 Å². The normalized spacial score (nSPS) is 13.5. The zero-order valence-corrected chi connectivity index (χ0v) is 4.93. The van der Waals surface area contributed by atoms with E-state index >= 15 is 0 Å². The Hall–Kier alpha value is 1.10. The van der Waals surface area contributed by atoms with Crippen molar-refractivity contribution in [2.75, 3.05) is 0 Å². The van der Waals surface area contributed by atoms with Gasteiger partial charge in [-0.05, 0) is 0 Å². The first-order valence-electron chi connectivity index (χ1n) is 1.81. The van der Waals surface area contributed by atoms with E-state index in [1.807, 2.05) is 0 Å². The Balaban J connectivity index is 0. The van der Waals surface area contributed by atoms with Crippen molar-refractivity contribution in [2.45, 2.75) is 12.8 Å². The second kappa shape index (κ2) is 6.79. The monoisotopic (exact) mass is 188 g/mol. The van der Waals surface area contributed by atoms with Gasteiger partial charge in [0.15, 0.2) is 0 Å². The van der Waals surface area contributed by atoms with E-state index in [0.29, 0.717) is 0 Å². The molecular formula is C2H5F3NaO3P. The van der Waals surface area contributed by atoms with E-state index < -0.39 is 21.4 Å². The Bertz CT molecular complexity index is 84.1. The first-order valence-corrected chi connectivity index (χ1v) is 2.97. The van der Waals surface area contributed by atoms with Gasteiger partial charge in [-0.1, -0.05) is 0 Å². The molecule has 0 radical (unpaired) electrons. The van der Waals surface area contributed by atoms with Crippen LogP contribution in [0.4, 0.5) is 13.2 Å². The van der Waals surface area contributed by atoms with Crippen LogP contribution in [0.3, 0.4) is 0 Å². The van der Waals surface area contributed by atoms with E-state index in [1.165, 1.54) is 0 Å². The molecule has 0 amide bonds. The van der Waals surface area contributed by atoms with Crippen molar-refractivity contribution in [1.29, 1.82) is 0 Å². The Morgan fingerprint density at radius 3 is 1.70 bits per heavy atom. The van der Waals surface area contributed by atoms with Crippen LogP contribution in [0.15, 0.2) is 0 Å². The zero-order chi connectivity index (χ0) is 7.44. The van der Waals surface area contributed by atoms with Crippen molar-refractivity contribution >= 4 is 38.2 Å². The van der Waals surface area contributed by atoms with Crippen LogP contribution in [0, 0.1) is 0 Å². The number of hydrogen-bond acceptors (Lipinski definition) is 3. The summed E-state index contributed by atoms with van der Waals surface area (Å²) in [5, 5.41) is 0. The van der Waals surface area contributed by atoms with E-state index in [9.17, 15) is 13.2 Å². The molecule has 0 aromatic heterocycles. The third kappa shape index (κ3) is 7.21. The van der Waals surface area contributed by atoms with Gasteiger partial charge >= 0.3 is 38.2 Å². The molecular weight excluding hydrogens is 183 g/mol. The second-order valence-corrected chi connectivity index (χ2v) is 1.76. The summed E-state index contributed by atoms with van der Waals surface area (Å²) in [4.78, 5) is 15.6. The molecule has 0 saturated heterocycles. The molecule has 0 heterocycles. The van der Waals surface area contributed by atoms with Crippen molar-refractivity contribution < 1.29 is 27.5 Å². The summed E-state index contributed by atoms with van der Waals surface area (Å²) in [6, 6.07) is 0. The first-order chi connectivity index (χ1) is 4.04. The molecule has 0 rings (SSSR count). The maximum absolute atomic E-state index is 11.5. The van der Waals surface area contributed by atoms with Crippen LogP contribution in [0.25, 0.3) is 0 Å². The molecule has 0 aliphatic carbocycles. The molecule has 1 unspecified atom stereocenters. The van der Waals surface area contributed by atoms with Gasteiger partial charge in [-0.2, -0.15) is 0 Å². The summed E-state index contributed by atoms with van der Waals surface area (Å²) in [7, 11) is -3.03. The van der Waals surface area contributed by atoms with Crippen LogP contribution in [0.1, 0.15) is 0 Å². The van der Waals surface area contributed by atoms with Crippen molar-refractivity contribution in [3.8, 4) is 0 Å². The van der Waals surface area contributed by atoms with Crippen LogP contribution < -0.4 is 0 Å². The van der Waals surface area contributed by atoms with Gasteiger partial charge in [-0.25, -0.2) is 13.2 Å². The van der Waals surface area contributed by atoms with Gasteiger partial charge in [0, 0.05) is 0 Å². The summed E-state index contributed by atoms with van der Waals surface area (Å²) in [6.45, 7) is 0. The van der Waals surface area contributed by atoms with Gasteiger partial charge in [-0.15, -0.1) is 0 Å². The van der Waals surface area contributed by atoms with Gasteiger partial charge in [0.2, 0.25) is 0 Å². The van der Waals surface area contributed by atoms with Crippen molar-refractivity contribution in [3.63, 3.8) is 0 Å². The third-order valence-corrected chi connectivity index (χ3v) is 0.783. The average molecular weight is 188 g/mol. The van der Waals surface area contributed by atoms with Gasteiger partial charge in [-0.3, -0.25) is 4.52 Å². The SMILES string of the molecule is OP(O)OC(F)C(F)F.[NaH]. The number of hydrogen-bond donors (Lipinski definition) is 2. The molecule has 0 aliphatic rings. The molecule has 8 heteroatoms. The second-order valence-electron chi connectivity index (χ2n) is 1.04. The first kappa shape index (κ1) is 13.7.